The predicted octanol–water partition coefficient (Wildman–Crippen LogP) is 0.935. The maximum absolute atomic E-state index is 12.1. The maximum atomic E-state index is 12.1. The molecule has 0 aromatic heterocycles. The zero-order valence-corrected chi connectivity index (χ0v) is 13.1. The fraction of sp³-hybridized carbons (Fsp3) is 0.857. The Morgan fingerprint density at radius 2 is 1.95 bits per heavy atom. The van der Waals surface area contributed by atoms with Crippen LogP contribution in [0.3, 0.4) is 0 Å². The Hall–Kier alpha value is -1.30. The molecule has 1 fully saturated rings. The molecule has 0 aromatic carbocycles. The molecule has 1 heterocycles. The number of carbonyl (C=O) groups excluding carboxylic acids is 1. The molecule has 0 spiro atoms. The van der Waals surface area contributed by atoms with Gasteiger partial charge in [0.05, 0.1) is 5.92 Å². The topological polar surface area (TPSA) is 72.9 Å². The second-order valence-electron chi connectivity index (χ2n) is 6.29. The van der Waals surface area contributed by atoms with E-state index in [2.05, 4.69) is 17.1 Å². The Bertz CT molecular complexity index is 358. The zero-order chi connectivity index (χ0) is 15.4. The van der Waals surface area contributed by atoms with Crippen molar-refractivity contribution in [1.82, 2.24) is 15.1 Å². The first-order valence-corrected chi connectivity index (χ1v) is 7.16. The molecule has 6 nitrogen and oxygen atoms in total. The summed E-state index contributed by atoms with van der Waals surface area (Å²) in [4.78, 5) is 27.1. The van der Waals surface area contributed by atoms with Crippen molar-refractivity contribution in [2.45, 2.75) is 26.8 Å². The van der Waals surface area contributed by atoms with Gasteiger partial charge in [0.1, 0.15) is 0 Å². The molecule has 1 saturated heterocycles. The van der Waals surface area contributed by atoms with Gasteiger partial charge in [-0.2, -0.15) is 0 Å². The van der Waals surface area contributed by atoms with Crippen LogP contribution in [0.1, 0.15) is 20.8 Å². The molecule has 0 aliphatic carbocycles. The second kappa shape index (κ2) is 6.92. The van der Waals surface area contributed by atoms with Crippen molar-refractivity contribution in [3.63, 3.8) is 0 Å². The summed E-state index contributed by atoms with van der Waals surface area (Å²) in [7, 11) is 4.03. The summed E-state index contributed by atoms with van der Waals surface area (Å²) in [5.74, 6) is -0.971. The molecule has 0 bridgehead atoms. The van der Waals surface area contributed by atoms with E-state index in [4.69, 9.17) is 5.11 Å². The van der Waals surface area contributed by atoms with Crippen LogP contribution in [0.2, 0.25) is 0 Å². The number of amides is 2. The van der Waals surface area contributed by atoms with Crippen LogP contribution < -0.4 is 5.32 Å². The monoisotopic (exact) mass is 285 g/mol. The number of hydrogen-bond acceptors (Lipinski definition) is 3. The lowest BCUT2D eigenvalue weighted by atomic mass is 9.96. The lowest BCUT2D eigenvalue weighted by molar-refractivity contribution is -0.142. The SMILES string of the molecule is CC(C)C(CNC(=O)N1CC(C)C(N(C)C)C1)C(=O)O. The summed E-state index contributed by atoms with van der Waals surface area (Å²) in [6, 6.07) is 0.203. The fourth-order valence-corrected chi connectivity index (χ4v) is 2.70. The zero-order valence-electron chi connectivity index (χ0n) is 13.1. The molecule has 2 amide bonds. The van der Waals surface area contributed by atoms with E-state index in [1.165, 1.54) is 0 Å². The Kier molecular flexibility index (Phi) is 5.80. The molecule has 0 radical (unpaired) electrons. The minimum atomic E-state index is -0.860. The van der Waals surface area contributed by atoms with Crippen LogP contribution in [-0.2, 0) is 4.79 Å². The van der Waals surface area contributed by atoms with E-state index in [1.54, 1.807) is 4.90 Å². The van der Waals surface area contributed by atoms with Crippen molar-refractivity contribution >= 4 is 12.0 Å². The number of urea groups is 1. The largest absolute Gasteiger partial charge is 0.481 e. The minimum absolute atomic E-state index is 0.000162. The highest BCUT2D eigenvalue weighted by Gasteiger charge is 2.34. The first-order chi connectivity index (χ1) is 9.23. The van der Waals surface area contributed by atoms with Gasteiger partial charge in [-0.1, -0.05) is 20.8 Å². The normalized spacial score (nSPS) is 24.2. The molecular weight excluding hydrogens is 258 g/mol. The molecular formula is C14H27N3O3. The lowest BCUT2D eigenvalue weighted by Gasteiger charge is -2.23. The lowest BCUT2D eigenvalue weighted by Crippen LogP contribution is -2.44. The third-order valence-electron chi connectivity index (χ3n) is 4.12. The molecule has 3 unspecified atom stereocenters. The van der Waals surface area contributed by atoms with Gasteiger partial charge in [0.25, 0.3) is 0 Å². The van der Waals surface area contributed by atoms with E-state index in [0.717, 1.165) is 0 Å². The van der Waals surface area contributed by atoms with Gasteiger partial charge in [-0.05, 0) is 25.9 Å². The Balaban J connectivity index is 2.50. The quantitative estimate of drug-likeness (QED) is 0.788. The molecule has 0 saturated carbocycles. The van der Waals surface area contributed by atoms with Crippen molar-refractivity contribution in [2.75, 3.05) is 33.7 Å². The Morgan fingerprint density at radius 1 is 1.35 bits per heavy atom. The third-order valence-corrected chi connectivity index (χ3v) is 4.12. The first-order valence-electron chi connectivity index (χ1n) is 7.16. The molecule has 1 aliphatic heterocycles. The average molecular weight is 285 g/mol. The smallest absolute Gasteiger partial charge is 0.317 e. The van der Waals surface area contributed by atoms with E-state index in [1.807, 2.05) is 27.9 Å². The van der Waals surface area contributed by atoms with E-state index in [-0.39, 0.29) is 18.5 Å². The highest BCUT2D eigenvalue weighted by atomic mass is 16.4. The Labute approximate surface area is 121 Å². The van der Waals surface area contributed by atoms with Crippen molar-refractivity contribution in [3.8, 4) is 0 Å². The van der Waals surface area contributed by atoms with Crippen LogP contribution in [0.5, 0.6) is 0 Å². The molecule has 6 heteroatoms. The molecule has 116 valence electrons. The summed E-state index contributed by atoms with van der Waals surface area (Å²) >= 11 is 0. The number of carboxylic acid groups (broad SMARTS) is 1. The summed E-state index contributed by atoms with van der Waals surface area (Å²) in [6.07, 6.45) is 0. The second-order valence-corrected chi connectivity index (χ2v) is 6.29. The van der Waals surface area contributed by atoms with Crippen LogP contribution in [0.4, 0.5) is 4.79 Å². The van der Waals surface area contributed by atoms with Gasteiger partial charge < -0.3 is 20.2 Å². The number of nitrogens with zero attached hydrogens (tertiary/aromatic N) is 2. The highest BCUT2D eigenvalue weighted by Crippen LogP contribution is 2.20. The molecule has 3 atom stereocenters. The Morgan fingerprint density at radius 3 is 2.35 bits per heavy atom. The van der Waals surface area contributed by atoms with E-state index >= 15 is 0 Å². The van der Waals surface area contributed by atoms with Crippen LogP contribution in [0, 0.1) is 17.8 Å². The summed E-state index contributed by atoms with van der Waals surface area (Å²) in [5.41, 5.74) is 0. The number of nitrogens with one attached hydrogen (secondary N) is 1. The third kappa shape index (κ3) is 4.10. The number of likely N-dealkylation sites (N-methyl/N-ethyl adjacent to an activating group) is 1. The van der Waals surface area contributed by atoms with Gasteiger partial charge >= 0.3 is 12.0 Å². The van der Waals surface area contributed by atoms with Crippen LogP contribution in [0.25, 0.3) is 0 Å². The predicted molar refractivity (Wildman–Crippen MR) is 77.6 cm³/mol. The standard InChI is InChI=1S/C14H27N3O3/c1-9(2)11(13(18)19)6-15-14(20)17-7-10(3)12(8-17)16(4)5/h9-12H,6-8H2,1-5H3,(H,15,20)(H,18,19). The van der Waals surface area contributed by atoms with Gasteiger partial charge in [-0.3, -0.25) is 4.79 Å². The summed E-state index contributed by atoms with van der Waals surface area (Å²) < 4.78 is 0. The van der Waals surface area contributed by atoms with Crippen LogP contribution in [-0.4, -0.2) is 66.7 Å². The van der Waals surface area contributed by atoms with Gasteiger partial charge in [-0.25, -0.2) is 4.79 Å². The number of carboxylic acids is 1. The number of hydrogen-bond donors (Lipinski definition) is 2. The van der Waals surface area contributed by atoms with E-state index in [0.29, 0.717) is 25.0 Å². The van der Waals surface area contributed by atoms with Crippen molar-refractivity contribution < 1.29 is 14.7 Å². The fourth-order valence-electron chi connectivity index (χ4n) is 2.70. The van der Waals surface area contributed by atoms with Crippen molar-refractivity contribution in [3.05, 3.63) is 0 Å². The van der Waals surface area contributed by atoms with Gasteiger partial charge in [0, 0.05) is 25.7 Å². The minimum Gasteiger partial charge on any atom is -0.481 e. The van der Waals surface area contributed by atoms with Crippen molar-refractivity contribution in [1.29, 1.82) is 0 Å². The molecule has 2 N–H and O–H groups in total. The number of aliphatic carboxylic acids is 1. The van der Waals surface area contributed by atoms with Gasteiger partial charge in [-0.15, -0.1) is 0 Å². The van der Waals surface area contributed by atoms with Crippen LogP contribution >= 0.6 is 0 Å². The van der Waals surface area contributed by atoms with Crippen LogP contribution in [0.15, 0.2) is 0 Å². The summed E-state index contributed by atoms with van der Waals surface area (Å²) in [5, 5.41) is 11.9. The number of rotatable bonds is 5. The van der Waals surface area contributed by atoms with Crippen molar-refractivity contribution in [2.24, 2.45) is 17.8 Å². The highest BCUT2D eigenvalue weighted by molar-refractivity contribution is 5.76. The first kappa shape index (κ1) is 16.8. The number of carbonyl (C=O) groups is 2. The molecule has 20 heavy (non-hydrogen) atoms. The molecule has 1 aliphatic rings. The van der Waals surface area contributed by atoms with E-state index in [9.17, 15) is 9.59 Å². The number of likely N-dealkylation sites (tertiary alicyclic amines) is 1. The molecule has 1 rings (SSSR count). The summed E-state index contributed by atoms with van der Waals surface area (Å²) in [6.45, 7) is 7.43. The van der Waals surface area contributed by atoms with Gasteiger partial charge in [0.2, 0.25) is 0 Å². The maximum Gasteiger partial charge on any atom is 0.317 e. The molecule has 0 aromatic rings. The van der Waals surface area contributed by atoms with Gasteiger partial charge in [0.15, 0.2) is 0 Å². The average Bonchev–Trinajstić information content (AvgIpc) is 2.70. The van der Waals surface area contributed by atoms with E-state index < -0.39 is 11.9 Å².